The Morgan fingerprint density at radius 2 is 1.94 bits per heavy atom. The Morgan fingerprint density at radius 1 is 1.26 bits per heavy atom. The van der Waals surface area contributed by atoms with E-state index < -0.39 is 11.9 Å². The quantitative estimate of drug-likeness (QED) is 0.425. The standard InChI is InChI=1S/C21H26N6O4/c1-13(14-6-4-3-5-7-14)24-21(29)26-16-12-15(22)17(19(23)30-2)18(25-16)20(28)27-8-10-31-11-9-27/h3-7,12-13,23H,8-11H2,1-2H3,(H4,22,24,25,26,29). The van der Waals surface area contributed by atoms with Crippen molar-refractivity contribution in [3.63, 3.8) is 0 Å². The molecule has 1 aromatic heterocycles. The van der Waals surface area contributed by atoms with Crippen LogP contribution in [0.15, 0.2) is 36.4 Å². The van der Waals surface area contributed by atoms with Crippen molar-refractivity contribution < 1.29 is 19.1 Å². The van der Waals surface area contributed by atoms with E-state index in [4.69, 9.17) is 20.6 Å². The number of ether oxygens (including phenoxy) is 2. The number of carbonyl (C=O) groups is 2. The van der Waals surface area contributed by atoms with E-state index in [0.29, 0.717) is 26.3 Å². The van der Waals surface area contributed by atoms with E-state index >= 15 is 0 Å². The Labute approximate surface area is 180 Å². The van der Waals surface area contributed by atoms with E-state index in [-0.39, 0.29) is 34.7 Å². The summed E-state index contributed by atoms with van der Waals surface area (Å²) in [6.45, 7) is 3.47. The number of urea groups is 1. The fraction of sp³-hybridized carbons (Fsp3) is 0.333. The fourth-order valence-corrected chi connectivity index (χ4v) is 3.21. The van der Waals surface area contributed by atoms with Crippen molar-refractivity contribution in [3.05, 3.63) is 53.2 Å². The van der Waals surface area contributed by atoms with E-state index in [2.05, 4.69) is 15.6 Å². The van der Waals surface area contributed by atoms with Gasteiger partial charge in [0, 0.05) is 19.2 Å². The van der Waals surface area contributed by atoms with Crippen LogP contribution in [-0.4, -0.2) is 61.1 Å². The molecule has 31 heavy (non-hydrogen) atoms. The Bertz CT molecular complexity index is 960. The van der Waals surface area contributed by atoms with Gasteiger partial charge >= 0.3 is 6.03 Å². The largest absolute Gasteiger partial charge is 0.481 e. The normalized spacial score (nSPS) is 14.5. The topological polar surface area (TPSA) is 143 Å². The van der Waals surface area contributed by atoms with Crippen molar-refractivity contribution in [2.45, 2.75) is 13.0 Å². The van der Waals surface area contributed by atoms with Crippen LogP contribution in [0.5, 0.6) is 0 Å². The number of methoxy groups -OCH3 is 1. The minimum Gasteiger partial charge on any atom is -0.481 e. The number of nitrogens with two attached hydrogens (primary N) is 1. The number of hydrogen-bond donors (Lipinski definition) is 4. The van der Waals surface area contributed by atoms with Crippen LogP contribution in [0.2, 0.25) is 0 Å². The molecular weight excluding hydrogens is 400 g/mol. The summed E-state index contributed by atoms with van der Waals surface area (Å²) >= 11 is 0. The van der Waals surface area contributed by atoms with Gasteiger partial charge in [0.25, 0.3) is 5.91 Å². The molecule has 3 amide bonds. The first-order valence-corrected chi connectivity index (χ1v) is 9.83. The summed E-state index contributed by atoms with van der Waals surface area (Å²) in [6.07, 6.45) is 0. The number of amides is 3. The van der Waals surface area contributed by atoms with Gasteiger partial charge in [0.15, 0.2) is 0 Å². The number of hydrogen-bond acceptors (Lipinski definition) is 7. The fourth-order valence-electron chi connectivity index (χ4n) is 3.21. The number of benzene rings is 1. The van der Waals surface area contributed by atoms with Gasteiger partial charge in [-0.15, -0.1) is 0 Å². The first-order valence-electron chi connectivity index (χ1n) is 9.83. The van der Waals surface area contributed by atoms with Gasteiger partial charge in [0.1, 0.15) is 11.5 Å². The molecule has 1 unspecified atom stereocenters. The summed E-state index contributed by atoms with van der Waals surface area (Å²) in [5.74, 6) is -0.594. The second kappa shape index (κ2) is 9.90. The van der Waals surface area contributed by atoms with Crippen LogP contribution in [0, 0.1) is 5.41 Å². The SMILES string of the molecule is COC(=N)c1c(N)cc(NC(=O)NC(C)c2ccccc2)nc1C(=O)N1CCOCC1. The minimum absolute atomic E-state index is 0.0554. The molecule has 2 aromatic rings. The summed E-state index contributed by atoms with van der Waals surface area (Å²) in [5, 5.41) is 13.5. The van der Waals surface area contributed by atoms with E-state index in [1.165, 1.54) is 13.2 Å². The summed E-state index contributed by atoms with van der Waals surface area (Å²) in [4.78, 5) is 31.4. The van der Waals surface area contributed by atoms with Gasteiger partial charge in [-0.25, -0.2) is 9.78 Å². The highest BCUT2D eigenvalue weighted by molar-refractivity contribution is 6.09. The molecular formula is C21H26N6O4. The van der Waals surface area contributed by atoms with Crippen LogP contribution in [0.4, 0.5) is 16.3 Å². The van der Waals surface area contributed by atoms with Gasteiger partial charge in [-0.1, -0.05) is 30.3 Å². The number of rotatable bonds is 5. The molecule has 0 aliphatic carbocycles. The molecule has 1 saturated heterocycles. The van der Waals surface area contributed by atoms with Crippen LogP contribution >= 0.6 is 0 Å². The van der Waals surface area contributed by atoms with Crippen LogP contribution in [-0.2, 0) is 9.47 Å². The van der Waals surface area contributed by atoms with E-state index in [1.54, 1.807) is 4.90 Å². The van der Waals surface area contributed by atoms with Gasteiger partial charge in [-0.3, -0.25) is 15.5 Å². The first kappa shape index (κ1) is 22.0. The first-order chi connectivity index (χ1) is 14.9. The Kier molecular flexibility index (Phi) is 7.03. The van der Waals surface area contributed by atoms with Crippen molar-refractivity contribution in [3.8, 4) is 0 Å². The molecule has 1 atom stereocenters. The number of carbonyl (C=O) groups excluding carboxylic acids is 2. The molecule has 5 N–H and O–H groups in total. The van der Waals surface area contributed by atoms with Crippen LogP contribution < -0.4 is 16.4 Å². The van der Waals surface area contributed by atoms with Gasteiger partial charge in [0.2, 0.25) is 5.90 Å². The van der Waals surface area contributed by atoms with E-state index in [1.807, 2.05) is 37.3 Å². The lowest BCUT2D eigenvalue weighted by atomic mass is 10.1. The van der Waals surface area contributed by atoms with Crippen molar-refractivity contribution >= 4 is 29.3 Å². The molecule has 3 rings (SSSR count). The summed E-state index contributed by atoms with van der Waals surface area (Å²) in [7, 11) is 1.31. The summed E-state index contributed by atoms with van der Waals surface area (Å²) in [6, 6.07) is 10.1. The lowest BCUT2D eigenvalue weighted by Gasteiger charge is -2.27. The molecule has 10 heteroatoms. The number of aromatic nitrogens is 1. The number of pyridine rings is 1. The van der Waals surface area contributed by atoms with Gasteiger partial charge in [-0.05, 0) is 12.5 Å². The third-order valence-electron chi connectivity index (χ3n) is 4.87. The minimum atomic E-state index is -0.498. The van der Waals surface area contributed by atoms with Crippen LogP contribution in [0.25, 0.3) is 0 Å². The highest BCUT2D eigenvalue weighted by Gasteiger charge is 2.27. The van der Waals surface area contributed by atoms with Crippen molar-refractivity contribution in [2.24, 2.45) is 0 Å². The summed E-state index contributed by atoms with van der Waals surface area (Å²) < 4.78 is 10.3. The van der Waals surface area contributed by atoms with Crippen LogP contribution in [0.3, 0.4) is 0 Å². The Hall–Kier alpha value is -3.66. The van der Waals surface area contributed by atoms with Crippen molar-refractivity contribution in [2.75, 3.05) is 44.5 Å². The number of nitrogen functional groups attached to an aromatic ring is 1. The number of morpholine rings is 1. The van der Waals surface area contributed by atoms with E-state index in [0.717, 1.165) is 5.56 Å². The van der Waals surface area contributed by atoms with Gasteiger partial charge < -0.3 is 25.4 Å². The highest BCUT2D eigenvalue weighted by Crippen LogP contribution is 2.23. The summed E-state index contributed by atoms with van der Waals surface area (Å²) in [5.41, 5.74) is 7.18. The number of anilines is 2. The zero-order valence-electron chi connectivity index (χ0n) is 17.5. The lowest BCUT2D eigenvalue weighted by molar-refractivity contribution is 0.0299. The maximum atomic E-state index is 13.1. The maximum absolute atomic E-state index is 13.1. The highest BCUT2D eigenvalue weighted by atomic mass is 16.5. The molecule has 0 radical (unpaired) electrons. The molecule has 1 aromatic carbocycles. The molecule has 1 aliphatic rings. The molecule has 164 valence electrons. The molecule has 1 aliphatic heterocycles. The molecule has 2 heterocycles. The van der Waals surface area contributed by atoms with Gasteiger partial charge in [0.05, 0.1) is 37.6 Å². The van der Waals surface area contributed by atoms with Crippen molar-refractivity contribution in [1.29, 1.82) is 5.41 Å². The molecule has 0 spiro atoms. The zero-order valence-corrected chi connectivity index (χ0v) is 17.5. The predicted molar refractivity (Wildman–Crippen MR) is 116 cm³/mol. The maximum Gasteiger partial charge on any atom is 0.320 e. The smallest absolute Gasteiger partial charge is 0.320 e. The molecule has 0 saturated carbocycles. The van der Waals surface area contributed by atoms with Crippen LogP contribution in [0.1, 0.15) is 34.6 Å². The second-order valence-electron chi connectivity index (χ2n) is 6.99. The third-order valence-corrected chi connectivity index (χ3v) is 4.87. The van der Waals surface area contributed by atoms with E-state index in [9.17, 15) is 9.59 Å². The lowest BCUT2D eigenvalue weighted by Crippen LogP contribution is -2.42. The molecule has 10 nitrogen and oxygen atoms in total. The molecule has 1 fully saturated rings. The monoisotopic (exact) mass is 426 g/mol. The predicted octanol–water partition coefficient (Wildman–Crippen LogP) is 1.99. The van der Waals surface area contributed by atoms with Crippen molar-refractivity contribution in [1.82, 2.24) is 15.2 Å². The van der Waals surface area contributed by atoms with Gasteiger partial charge in [-0.2, -0.15) is 0 Å². The Balaban J connectivity index is 1.83. The Morgan fingerprint density at radius 3 is 2.58 bits per heavy atom. The second-order valence-corrected chi connectivity index (χ2v) is 6.99. The average molecular weight is 426 g/mol. The number of nitrogens with zero attached hydrogens (tertiary/aromatic N) is 2. The third kappa shape index (κ3) is 5.28. The average Bonchev–Trinajstić information content (AvgIpc) is 2.78. The number of nitrogens with one attached hydrogen (secondary N) is 3. The molecule has 0 bridgehead atoms. The zero-order chi connectivity index (χ0) is 22.4.